The zero-order chi connectivity index (χ0) is 21.3. The number of aryl methyl sites for hydroxylation is 2. The Morgan fingerprint density at radius 2 is 2.21 bits per heavy atom. The molecule has 1 unspecified atom stereocenters. The third-order valence-electron chi connectivity index (χ3n) is 4.71. The lowest BCUT2D eigenvalue weighted by Gasteiger charge is -2.15. The van der Waals surface area contributed by atoms with Gasteiger partial charge in [-0.25, -0.2) is 15.0 Å². The lowest BCUT2D eigenvalue weighted by atomic mass is 10.2. The van der Waals surface area contributed by atoms with Gasteiger partial charge >= 0.3 is 0 Å². The molecule has 9 heteroatoms. The molecule has 3 aromatic rings. The number of thiophene rings is 1. The number of hydrogen-bond acceptors (Lipinski definition) is 5. The van der Waals surface area contributed by atoms with Crippen LogP contribution in [-0.2, 0) is 0 Å². The van der Waals surface area contributed by atoms with Crippen LogP contribution in [-0.4, -0.2) is 42.2 Å². The van der Waals surface area contributed by atoms with E-state index >= 15 is 0 Å². The predicted octanol–water partition coefficient (Wildman–Crippen LogP) is 5.55. The molecule has 0 fully saturated rings. The van der Waals surface area contributed by atoms with Gasteiger partial charge in [0.15, 0.2) is 11.5 Å². The number of aliphatic hydroxyl groups is 1. The predicted molar refractivity (Wildman–Crippen MR) is 130 cm³/mol. The molecule has 3 aromatic heterocycles. The molecule has 6 nitrogen and oxygen atoms in total. The molecular weight excluding hydrogens is 521 g/mol. The standard InChI is InChI=1S/C20H23ClIN5OS/c1-6-13(10-28)27-9-11(3)16-20(27)24-12(4)17(25-16)18-14(21)8-15(29-18)19(23-7-2)26(5)22/h7-9,13,28H,2,6,10H2,1,3-5H3/b23-19-. The summed E-state index contributed by atoms with van der Waals surface area (Å²) in [6, 6.07) is 1.89. The number of fused-ring (bicyclic) bond motifs is 1. The summed E-state index contributed by atoms with van der Waals surface area (Å²) in [6.45, 7) is 9.76. The van der Waals surface area contributed by atoms with Crippen LogP contribution < -0.4 is 0 Å². The summed E-state index contributed by atoms with van der Waals surface area (Å²) >= 11 is 10.3. The second-order valence-corrected chi connectivity index (χ2v) is 9.60. The summed E-state index contributed by atoms with van der Waals surface area (Å²) < 4.78 is 3.92. The second kappa shape index (κ2) is 9.11. The van der Waals surface area contributed by atoms with Gasteiger partial charge in [-0.1, -0.05) is 25.1 Å². The van der Waals surface area contributed by atoms with Crippen molar-refractivity contribution in [1.82, 2.24) is 17.6 Å². The molecule has 0 bridgehead atoms. The first-order chi connectivity index (χ1) is 13.8. The summed E-state index contributed by atoms with van der Waals surface area (Å²) in [7, 11) is 1.92. The average molecular weight is 544 g/mol. The number of aliphatic imine (C=N–C) groups is 1. The van der Waals surface area contributed by atoms with Crippen LogP contribution in [0.4, 0.5) is 0 Å². The van der Waals surface area contributed by atoms with E-state index in [9.17, 15) is 5.11 Å². The van der Waals surface area contributed by atoms with Crippen LogP contribution in [0.25, 0.3) is 21.7 Å². The van der Waals surface area contributed by atoms with E-state index in [2.05, 4.69) is 41.4 Å². The van der Waals surface area contributed by atoms with Crippen molar-refractivity contribution in [1.29, 1.82) is 0 Å². The monoisotopic (exact) mass is 543 g/mol. The highest BCUT2D eigenvalue weighted by Crippen LogP contribution is 2.38. The molecule has 0 aliphatic heterocycles. The number of amidine groups is 1. The Bertz CT molecular complexity index is 1080. The minimum Gasteiger partial charge on any atom is -0.394 e. The van der Waals surface area contributed by atoms with Crippen LogP contribution in [0, 0.1) is 13.8 Å². The molecule has 3 rings (SSSR count). The van der Waals surface area contributed by atoms with Crippen LogP contribution in [0.5, 0.6) is 0 Å². The molecule has 0 aliphatic rings. The molecule has 1 atom stereocenters. The zero-order valence-corrected chi connectivity index (χ0v) is 20.5. The van der Waals surface area contributed by atoms with Crippen LogP contribution in [0.2, 0.25) is 5.02 Å². The molecule has 0 saturated carbocycles. The molecule has 3 heterocycles. The minimum absolute atomic E-state index is 0.0143. The van der Waals surface area contributed by atoms with E-state index in [-0.39, 0.29) is 12.6 Å². The number of nitrogens with zero attached hydrogens (tertiary/aromatic N) is 5. The normalized spacial score (nSPS) is 13.1. The Labute approximate surface area is 193 Å². The molecule has 0 amide bonds. The Morgan fingerprint density at radius 1 is 1.48 bits per heavy atom. The third kappa shape index (κ3) is 4.21. The molecular formula is C20H23ClIN5OS. The van der Waals surface area contributed by atoms with Crippen molar-refractivity contribution < 1.29 is 5.11 Å². The van der Waals surface area contributed by atoms with Crippen LogP contribution in [0.15, 0.2) is 30.0 Å². The first kappa shape index (κ1) is 22.2. The smallest absolute Gasteiger partial charge is 0.159 e. The molecule has 0 aromatic carbocycles. The van der Waals surface area contributed by atoms with Gasteiger partial charge in [0.05, 0.1) is 56.0 Å². The minimum atomic E-state index is -0.0143. The van der Waals surface area contributed by atoms with Crippen molar-refractivity contribution in [3.05, 3.63) is 46.2 Å². The highest BCUT2D eigenvalue weighted by Gasteiger charge is 2.21. The number of aromatic nitrogens is 3. The number of rotatable bonds is 6. The summed E-state index contributed by atoms with van der Waals surface area (Å²) in [5.74, 6) is 0.779. The van der Waals surface area contributed by atoms with Crippen LogP contribution in [0.3, 0.4) is 0 Å². The maximum absolute atomic E-state index is 9.72. The number of halogens is 2. The van der Waals surface area contributed by atoms with E-state index < -0.39 is 0 Å². The fourth-order valence-corrected chi connectivity index (χ4v) is 5.26. The van der Waals surface area contributed by atoms with Gasteiger partial charge in [-0.05, 0) is 31.9 Å². The van der Waals surface area contributed by atoms with Gasteiger partial charge in [-0.15, -0.1) is 11.3 Å². The van der Waals surface area contributed by atoms with Crippen molar-refractivity contribution in [2.24, 2.45) is 4.99 Å². The van der Waals surface area contributed by atoms with Crippen molar-refractivity contribution in [2.45, 2.75) is 33.2 Å². The Morgan fingerprint density at radius 3 is 2.79 bits per heavy atom. The Balaban J connectivity index is 2.17. The molecule has 29 heavy (non-hydrogen) atoms. The summed E-state index contributed by atoms with van der Waals surface area (Å²) in [6.07, 6.45) is 4.35. The van der Waals surface area contributed by atoms with Crippen molar-refractivity contribution in [3.8, 4) is 10.6 Å². The lowest BCUT2D eigenvalue weighted by Crippen LogP contribution is -2.15. The summed E-state index contributed by atoms with van der Waals surface area (Å²) in [5.41, 5.74) is 4.21. The molecule has 1 N–H and O–H groups in total. The SMILES string of the molecule is C=C/N=C(/c1cc(Cl)c(-c2nc3c(C)cn(C(CC)CO)c3nc2C)s1)N(C)I. The van der Waals surface area contributed by atoms with Gasteiger partial charge in [0.1, 0.15) is 11.2 Å². The van der Waals surface area contributed by atoms with Gasteiger partial charge < -0.3 is 12.8 Å². The van der Waals surface area contributed by atoms with E-state index in [4.69, 9.17) is 21.6 Å². The van der Waals surface area contributed by atoms with E-state index in [1.807, 2.05) is 40.8 Å². The number of hydrogen-bond donors (Lipinski definition) is 1. The second-order valence-electron chi connectivity index (χ2n) is 6.69. The van der Waals surface area contributed by atoms with Gasteiger partial charge in [-0.3, -0.25) is 0 Å². The zero-order valence-electron chi connectivity index (χ0n) is 16.8. The van der Waals surface area contributed by atoms with Gasteiger partial charge in [0.25, 0.3) is 0 Å². The maximum Gasteiger partial charge on any atom is 0.159 e. The van der Waals surface area contributed by atoms with Crippen molar-refractivity contribution in [2.75, 3.05) is 13.7 Å². The van der Waals surface area contributed by atoms with Gasteiger partial charge in [0.2, 0.25) is 0 Å². The van der Waals surface area contributed by atoms with E-state index in [1.165, 1.54) is 17.5 Å². The van der Waals surface area contributed by atoms with Gasteiger partial charge in [0, 0.05) is 19.4 Å². The van der Waals surface area contributed by atoms with Crippen LogP contribution in [0.1, 0.15) is 35.5 Å². The quantitative estimate of drug-likeness (QED) is 0.192. The lowest BCUT2D eigenvalue weighted by molar-refractivity contribution is 0.227. The highest BCUT2D eigenvalue weighted by molar-refractivity contribution is 14.1. The summed E-state index contributed by atoms with van der Waals surface area (Å²) in [5, 5.41) is 10.3. The molecule has 0 aliphatic carbocycles. The number of aliphatic hydroxyl groups excluding tert-OH is 1. The first-order valence-electron chi connectivity index (χ1n) is 9.17. The Hall–Kier alpha value is -1.49. The summed E-state index contributed by atoms with van der Waals surface area (Å²) in [4.78, 5) is 15.9. The first-order valence-corrected chi connectivity index (χ1v) is 11.3. The van der Waals surface area contributed by atoms with Crippen molar-refractivity contribution in [3.63, 3.8) is 0 Å². The van der Waals surface area contributed by atoms with E-state index in [0.29, 0.717) is 5.02 Å². The molecule has 0 saturated heterocycles. The van der Waals surface area contributed by atoms with E-state index in [1.54, 1.807) is 0 Å². The van der Waals surface area contributed by atoms with Crippen LogP contribution >= 0.6 is 45.8 Å². The maximum atomic E-state index is 9.72. The largest absolute Gasteiger partial charge is 0.394 e. The molecule has 154 valence electrons. The fraction of sp³-hybridized carbons (Fsp3) is 0.350. The van der Waals surface area contributed by atoms with Gasteiger partial charge in [-0.2, -0.15) is 0 Å². The topological polar surface area (TPSA) is 66.5 Å². The van der Waals surface area contributed by atoms with E-state index in [0.717, 1.165) is 50.1 Å². The average Bonchev–Trinajstić information content (AvgIpc) is 3.20. The highest BCUT2D eigenvalue weighted by atomic mass is 127. The van der Waals surface area contributed by atoms with Crippen molar-refractivity contribution >= 4 is 62.8 Å². The Kier molecular flexibility index (Phi) is 6.98. The third-order valence-corrected chi connectivity index (χ3v) is 6.71. The fourth-order valence-electron chi connectivity index (χ4n) is 3.21. The molecule has 0 spiro atoms. The molecule has 0 radical (unpaired) electrons.